The molecule has 3 aliphatic carbocycles. The van der Waals surface area contributed by atoms with Gasteiger partial charge in [0.15, 0.2) is 28.9 Å². The maximum absolute atomic E-state index is 12.5. The first-order valence-corrected chi connectivity index (χ1v) is 17.2. The summed E-state index contributed by atoms with van der Waals surface area (Å²) in [6.45, 7) is 4.55. The molecule has 0 unspecified atom stereocenters. The minimum atomic E-state index is -0.0566. The highest BCUT2D eigenvalue weighted by atomic mass is 16.1. The molecule has 0 atom stereocenters. The zero-order valence-corrected chi connectivity index (χ0v) is 29.2. The zero-order chi connectivity index (χ0) is 36.1. The van der Waals surface area contributed by atoms with Crippen molar-refractivity contribution in [1.29, 1.82) is 0 Å². The van der Waals surface area contributed by atoms with Gasteiger partial charge in [-0.05, 0) is 30.0 Å². The monoisotopic (exact) mass is 694 g/mol. The van der Waals surface area contributed by atoms with Gasteiger partial charge in [0.05, 0.1) is 12.3 Å². The van der Waals surface area contributed by atoms with Crippen molar-refractivity contribution in [3.8, 4) is 0 Å². The molecule has 6 aromatic carbocycles. The smallest absolute Gasteiger partial charge is 0.194 e. The Morgan fingerprint density at radius 1 is 0.434 bits per heavy atom. The van der Waals surface area contributed by atoms with Gasteiger partial charge in [-0.2, -0.15) is 0 Å². The van der Waals surface area contributed by atoms with Gasteiger partial charge in [0.25, 0.3) is 0 Å². The van der Waals surface area contributed by atoms with E-state index < -0.39 is 0 Å². The molecule has 0 radical (unpaired) electrons. The van der Waals surface area contributed by atoms with Crippen LogP contribution in [0.4, 0.5) is 0 Å². The van der Waals surface area contributed by atoms with E-state index in [1.165, 1.54) is 5.56 Å². The first-order chi connectivity index (χ1) is 25.3. The predicted octanol–water partition coefficient (Wildman–Crippen LogP) is 8.54. The van der Waals surface area contributed by atoms with E-state index in [1.807, 2.05) is 74.5 Å². The molecule has 0 spiro atoms. The van der Waals surface area contributed by atoms with Gasteiger partial charge in [0.2, 0.25) is 0 Å². The molecule has 0 amide bonds. The van der Waals surface area contributed by atoms with Crippen molar-refractivity contribution in [3.05, 3.63) is 211 Å². The molecule has 7 nitrogen and oxygen atoms in total. The summed E-state index contributed by atoms with van der Waals surface area (Å²) in [4.78, 5) is 66.4. The van der Waals surface area contributed by atoms with Crippen molar-refractivity contribution in [3.63, 3.8) is 0 Å². The number of aliphatic imine (C=N–C) groups is 1. The molecule has 1 heterocycles. The highest BCUT2D eigenvalue weighted by Crippen LogP contribution is 2.34. The number of hydrogen-bond donors (Lipinski definition) is 1. The molecule has 258 valence electrons. The van der Waals surface area contributed by atoms with Crippen LogP contribution in [0.1, 0.15) is 114 Å². The molecule has 3 N–H and O–H groups in total. The number of fused-ring (bicyclic) bond motifs is 6. The van der Waals surface area contributed by atoms with Crippen molar-refractivity contribution < 1.29 is 24.0 Å². The van der Waals surface area contributed by atoms with Crippen LogP contribution < -0.4 is 6.15 Å². The fourth-order valence-corrected chi connectivity index (χ4v) is 7.52. The Labute approximate surface area is 306 Å². The predicted molar refractivity (Wildman–Crippen MR) is 204 cm³/mol. The quantitative estimate of drug-likeness (QED) is 0.183. The standard InChI is InChI=1S/C16H12O2.C15H9NO.C15H10O2.H3N/c1-2-10-6-5-9-13-14(10)16(18)12-8-4-3-7-11(12)15(13)17;17-15-11-6-2-1-5-10(11)14-13-9(8-16-14)4-3-7-12(13)15;1-9-5-4-8-12-13(9)15(17)11-7-3-2-6-10(11)14(12)16;/h3-9H,2H2,1H3;1-7H,8H2;2-8H,1H3;1H3. The third-order valence-electron chi connectivity index (χ3n) is 10.0. The topological polar surface area (TPSA) is 133 Å². The van der Waals surface area contributed by atoms with Crippen LogP contribution in [-0.2, 0) is 13.0 Å². The van der Waals surface area contributed by atoms with Gasteiger partial charge in [0, 0.05) is 66.8 Å². The summed E-state index contributed by atoms with van der Waals surface area (Å²) in [5.74, 6) is -0.0568. The first kappa shape index (κ1) is 34.7. The second-order valence-corrected chi connectivity index (χ2v) is 13.0. The van der Waals surface area contributed by atoms with Crippen LogP contribution in [-0.4, -0.2) is 34.6 Å². The number of hydrogen-bond acceptors (Lipinski definition) is 7. The molecule has 7 heteroatoms. The molecule has 10 rings (SSSR count). The van der Waals surface area contributed by atoms with Gasteiger partial charge in [-0.3, -0.25) is 29.0 Å². The van der Waals surface area contributed by atoms with E-state index in [0.717, 1.165) is 45.5 Å². The third-order valence-corrected chi connectivity index (χ3v) is 10.0. The SMILES string of the molecule is CCc1cccc2c1C(=O)c1ccccc1C2=O.Cc1cccc2c1C(=O)c1ccccc1C2=O.N.O=C1c2ccccc2C2=NCc3cccc1c32. The maximum atomic E-state index is 12.5. The van der Waals surface area contributed by atoms with E-state index in [1.54, 1.807) is 60.7 Å². The third kappa shape index (κ3) is 5.59. The van der Waals surface area contributed by atoms with Crippen molar-refractivity contribution in [2.75, 3.05) is 0 Å². The first-order valence-electron chi connectivity index (χ1n) is 17.2. The molecule has 53 heavy (non-hydrogen) atoms. The molecule has 0 saturated heterocycles. The van der Waals surface area contributed by atoms with E-state index in [4.69, 9.17) is 0 Å². The second kappa shape index (κ2) is 13.8. The summed E-state index contributed by atoms with van der Waals surface area (Å²) < 4.78 is 0. The minimum absolute atomic E-state index is 0. The van der Waals surface area contributed by atoms with Crippen molar-refractivity contribution in [1.82, 2.24) is 6.15 Å². The largest absolute Gasteiger partial charge is 0.344 e. The van der Waals surface area contributed by atoms with Crippen LogP contribution >= 0.6 is 0 Å². The molecular weight excluding hydrogens is 661 g/mol. The van der Waals surface area contributed by atoms with Crippen molar-refractivity contribution in [2.45, 2.75) is 26.8 Å². The molecular formula is C46H34N2O5. The normalized spacial score (nSPS) is 13.6. The van der Waals surface area contributed by atoms with Gasteiger partial charge in [-0.25, -0.2) is 0 Å². The lowest BCUT2D eigenvalue weighted by molar-refractivity contribution is 0.0978. The molecule has 0 saturated carbocycles. The molecule has 0 aromatic heterocycles. The van der Waals surface area contributed by atoms with Crippen LogP contribution in [0.5, 0.6) is 0 Å². The lowest BCUT2D eigenvalue weighted by Gasteiger charge is -2.19. The fraction of sp³-hybridized carbons (Fsp3) is 0.0870. The Bertz CT molecular complexity index is 2580. The Morgan fingerprint density at radius 3 is 1.38 bits per heavy atom. The van der Waals surface area contributed by atoms with Crippen LogP contribution in [0.2, 0.25) is 0 Å². The average molecular weight is 695 g/mol. The number of carbonyl (C=O) groups is 5. The van der Waals surface area contributed by atoms with E-state index in [-0.39, 0.29) is 35.1 Å². The highest BCUT2D eigenvalue weighted by molar-refractivity contribution is 6.32. The van der Waals surface area contributed by atoms with Gasteiger partial charge in [-0.1, -0.05) is 134 Å². The summed E-state index contributed by atoms with van der Waals surface area (Å²) >= 11 is 0. The summed E-state index contributed by atoms with van der Waals surface area (Å²) in [5, 5.41) is 0. The van der Waals surface area contributed by atoms with Gasteiger partial charge >= 0.3 is 0 Å². The highest BCUT2D eigenvalue weighted by Gasteiger charge is 2.33. The minimum Gasteiger partial charge on any atom is -0.344 e. The number of carbonyl (C=O) groups excluding carboxylic acids is 5. The van der Waals surface area contributed by atoms with Crippen molar-refractivity contribution in [2.24, 2.45) is 4.99 Å². The lowest BCUT2D eigenvalue weighted by Crippen LogP contribution is -2.22. The molecule has 0 fully saturated rings. The zero-order valence-electron chi connectivity index (χ0n) is 29.2. The molecule has 6 aromatic rings. The van der Waals surface area contributed by atoms with Gasteiger partial charge in [-0.15, -0.1) is 0 Å². The number of aryl methyl sites for hydroxylation is 2. The average Bonchev–Trinajstić information content (AvgIpc) is 3.63. The Kier molecular flexibility index (Phi) is 9.04. The number of benzene rings is 6. The number of rotatable bonds is 1. The Balaban J connectivity index is 0.000000122. The summed E-state index contributed by atoms with van der Waals surface area (Å²) in [6.07, 6.45) is 0.754. The fourth-order valence-electron chi connectivity index (χ4n) is 7.52. The number of ketones is 5. The van der Waals surface area contributed by atoms with Crippen molar-refractivity contribution >= 4 is 34.6 Å². The van der Waals surface area contributed by atoms with Crippen LogP contribution in [0.25, 0.3) is 0 Å². The summed E-state index contributed by atoms with van der Waals surface area (Å²) in [7, 11) is 0. The molecule has 1 aliphatic heterocycles. The molecule has 0 bridgehead atoms. The van der Waals surface area contributed by atoms with Gasteiger partial charge < -0.3 is 6.15 Å². The van der Waals surface area contributed by atoms with E-state index in [0.29, 0.717) is 51.1 Å². The van der Waals surface area contributed by atoms with E-state index in [2.05, 4.69) is 11.1 Å². The van der Waals surface area contributed by atoms with Gasteiger partial charge in [0.1, 0.15) is 0 Å². The van der Waals surface area contributed by atoms with Crippen LogP contribution in [0.15, 0.2) is 132 Å². The second-order valence-electron chi connectivity index (χ2n) is 13.0. The Hall–Kier alpha value is -6.70. The van der Waals surface area contributed by atoms with E-state index in [9.17, 15) is 24.0 Å². The Morgan fingerprint density at radius 2 is 0.830 bits per heavy atom. The van der Waals surface area contributed by atoms with Crippen LogP contribution in [0.3, 0.4) is 0 Å². The van der Waals surface area contributed by atoms with Crippen LogP contribution in [0, 0.1) is 6.92 Å². The molecule has 4 aliphatic rings. The van der Waals surface area contributed by atoms with E-state index >= 15 is 0 Å². The summed E-state index contributed by atoms with van der Waals surface area (Å²) in [5.41, 5.74) is 11.8. The lowest BCUT2D eigenvalue weighted by atomic mass is 9.81. The maximum Gasteiger partial charge on any atom is 0.194 e. The number of nitrogens with zero attached hydrogens (tertiary/aromatic N) is 1. The summed E-state index contributed by atoms with van der Waals surface area (Å²) in [6, 6.07) is 38.5.